The summed E-state index contributed by atoms with van der Waals surface area (Å²) in [6.45, 7) is 11.5. The molecule has 3 rings (SSSR count). The molecule has 1 aliphatic carbocycles. The second-order valence-electron chi connectivity index (χ2n) is 10.7. The van der Waals surface area contributed by atoms with Gasteiger partial charge in [0.15, 0.2) is 14.8 Å². The van der Waals surface area contributed by atoms with E-state index in [2.05, 4.69) is 0 Å². The standard InChI is InChI=1S/C25H33NO8Si/c1-24(2,3)25(4,34-35(6)7)17-18(26(20(17)28)21(29)22(30)31)15-11-10-13-8-9-14(23(32)33-5)12-16(13)19(15)27/h8-9,12,15,17-18,35H,10-11H2,1-7H3,(H,30,31)/t15-,17-,18-,25-/m1/s1. The molecule has 2 amide bonds. The lowest BCUT2D eigenvalue weighted by molar-refractivity contribution is -0.196. The normalized spacial score (nSPS) is 23.9. The largest absolute Gasteiger partial charge is 0.474 e. The second kappa shape index (κ2) is 9.31. The number of ketones is 1. The number of β-lactam (4-membered cyclic amide) rings is 1. The number of Topliss-reactive ketones (excluding diaryl/α,β-unsaturated/α-hetero) is 1. The Morgan fingerprint density at radius 1 is 1.11 bits per heavy atom. The Labute approximate surface area is 206 Å². The minimum absolute atomic E-state index is 0.216. The van der Waals surface area contributed by atoms with Crippen LogP contribution in [0.25, 0.3) is 0 Å². The van der Waals surface area contributed by atoms with Gasteiger partial charge in [-0.05, 0) is 56.0 Å². The van der Waals surface area contributed by atoms with E-state index in [4.69, 9.17) is 9.16 Å². The van der Waals surface area contributed by atoms with Crippen molar-refractivity contribution in [1.82, 2.24) is 4.90 Å². The number of ether oxygens (including phenoxy) is 1. The molecular formula is C25H33NO8Si. The van der Waals surface area contributed by atoms with Crippen molar-refractivity contribution in [2.45, 2.75) is 65.3 Å². The molecular weight excluding hydrogens is 470 g/mol. The Morgan fingerprint density at radius 2 is 1.74 bits per heavy atom. The quantitative estimate of drug-likeness (QED) is 0.281. The molecule has 0 spiro atoms. The summed E-state index contributed by atoms with van der Waals surface area (Å²) in [5.74, 6) is -6.36. The van der Waals surface area contributed by atoms with E-state index in [1.54, 1.807) is 12.1 Å². The second-order valence-corrected chi connectivity index (χ2v) is 13.0. The highest BCUT2D eigenvalue weighted by molar-refractivity contribution is 6.48. The van der Waals surface area contributed by atoms with Crippen molar-refractivity contribution in [2.24, 2.45) is 17.3 Å². The van der Waals surface area contributed by atoms with Crippen LogP contribution < -0.4 is 0 Å². The Balaban J connectivity index is 2.11. The molecule has 2 aliphatic rings. The third-order valence-corrected chi connectivity index (χ3v) is 8.34. The van der Waals surface area contributed by atoms with Crippen LogP contribution in [0.15, 0.2) is 18.2 Å². The number of imide groups is 1. The highest BCUT2D eigenvalue weighted by Crippen LogP contribution is 2.51. The van der Waals surface area contributed by atoms with E-state index in [-0.39, 0.29) is 11.3 Å². The van der Waals surface area contributed by atoms with Gasteiger partial charge < -0.3 is 14.3 Å². The van der Waals surface area contributed by atoms with Gasteiger partial charge in [0.25, 0.3) is 0 Å². The number of aliphatic carboxylic acids is 1. The number of carboxylic acids is 1. The van der Waals surface area contributed by atoms with E-state index in [1.165, 1.54) is 13.2 Å². The van der Waals surface area contributed by atoms with Crippen molar-refractivity contribution in [3.63, 3.8) is 0 Å². The first-order chi connectivity index (χ1) is 16.2. The summed E-state index contributed by atoms with van der Waals surface area (Å²) in [4.78, 5) is 64.0. The lowest BCUT2D eigenvalue weighted by Gasteiger charge is -2.59. The molecule has 4 atom stereocenters. The van der Waals surface area contributed by atoms with Gasteiger partial charge in [0.2, 0.25) is 5.91 Å². The maximum absolute atomic E-state index is 13.7. The maximum atomic E-state index is 13.7. The maximum Gasteiger partial charge on any atom is 0.395 e. The molecule has 0 radical (unpaired) electrons. The lowest BCUT2D eigenvalue weighted by atomic mass is 9.59. The highest BCUT2D eigenvalue weighted by Gasteiger charge is 2.66. The fourth-order valence-electron chi connectivity index (χ4n) is 5.26. The van der Waals surface area contributed by atoms with Crippen molar-refractivity contribution >= 4 is 38.6 Å². The Bertz CT molecular complexity index is 1090. The van der Waals surface area contributed by atoms with E-state index in [1.807, 2.05) is 40.8 Å². The first kappa shape index (κ1) is 26.7. The van der Waals surface area contributed by atoms with Gasteiger partial charge in [-0.25, -0.2) is 9.59 Å². The molecule has 1 aromatic carbocycles. The van der Waals surface area contributed by atoms with Crippen molar-refractivity contribution < 1.29 is 38.2 Å². The number of benzene rings is 1. The minimum Gasteiger partial charge on any atom is -0.474 e. The molecule has 9 nitrogen and oxygen atoms in total. The van der Waals surface area contributed by atoms with Crippen molar-refractivity contribution in [2.75, 3.05) is 7.11 Å². The average Bonchev–Trinajstić information content (AvgIpc) is 2.76. The fourth-order valence-corrected chi connectivity index (χ4v) is 6.74. The average molecular weight is 504 g/mol. The van der Waals surface area contributed by atoms with Crippen LogP contribution in [0.2, 0.25) is 13.1 Å². The summed E-state index contributed by atoms with van der Waals surface area (Å²) in [6, 6.07) is 3.79. The van der Waals surface area contributed by atoms with Gasteiger partial charge in [-0.1, -0.05) is 26.8 Å². The van der Waals surface area contributed by atoms with Gasteiger partial charge in [0.1, 0.15) is 0 Å². The number of amides is 2. The van der Waals surface area contributed by atoms with E-state index in [9.17, 15) is 29.1 Å². The van der Waals surface area contributed by atoms with Crippen molar-refractivity contribution in [3.8, 4) is 0 Å². The number of fused-ring (bicyclic) bond motifs is 1. The molecule has 1 aliphatic heterocycles. The molecule has 0 unspecified atom stereocenters. The molecule has 1 aromatic rings. The number of likely N-dealkylation sites (tertiary alicyclic amines) is 1. The minimum atomic E-state index is -1.75. The third-order valence-electron chi connectivity index (χ3n) is 7.38. The number of nitrogens with zero attached hydrogens (tertiary/aromatic N) is 1. The van der Waals surface area contributed by atoms with Crippen LogP contribution in [-0.4, -0.2) is 67.3 Å². The number of carboxylic acid groups (broad SMARTS) is 1. The molecule has 0 saturated carbocycles. The van der Waals surface area contributed by atoms with Crippen LogP contribution in [-0.2, 0) is 30.0 Å². The fraction of sp³-hybridized carbons (Fsp3) is 0.560. The first-order valence-electron chi connectivity index (χ1n) is 11.7. The number of esters is 1. The summed E-state index contributed by atoms with van der Waals surface area (Å²) in [6.07, 6.45) is 0.812. The van der Waals surface area contributed by atoms with Gasteiger partial charge in [-0.15, -0.1) is 0 Å². The predicted molar refractivity (Wildman–Crippen MR) is 129 cm³/mol. The topological polar surface area (TPSA) is 127 Å². The Morgan fingerprint density at radius 3 is 2.26 bits per heavy atom. The number of hydrogen-bond donors (Lipinski definition) is 1. The van der Waals surface area contributed by atoms with Crippen LogP contribution in [0, 0.1) is 17.3 Å². The molecule has 0 aromatic heterocycles. The highest BCUT2D eigenvalue weighted by atomic mass is 28.3. The van der Waals surface area contributed by atoms with Crippen LogP contribution in [0.5, 0.6) is 0 Å². The monoisotopic (exact) mass is 503 g/mol. The molecule has 1 saturated heterocycles. The van der Waals surface area contributed by atoms with Crippen LogP contribution in [0.3, 0.4) is 0 Å². The van der Waals surface area contributed by atoms with E-state index in [0.29, 0.717) is 18.4 Å². The number of rotatable bonds is 5. The predicted octanol–water partition coefficient (Wildman–Crippen LogP) is 2.46. The molecule has 1 fully saturated rings. The zero-order valence-electron chi connectivity index (χ0n) is 21.2. The third kappa shape index (κ3) is 4.45. The summed E-state index contributed by atoms with van der Waals surface area (Å²) in [5.41, 5.74) is -0.287. The van der Waals surface area contributed by atoms with Gasteiger partial charge >= 0.3 is 17.8 Å². The van der Waals surface area contributed by atoms with Crippen molar-refractivity contribution in [3.05, 3.63) is 34.9 Å². The molecule has 0 bridgehead atoms. The van der Waals surface area contributed by atoms with Crippen LogP contribution in [0.4, 0.5) is 0 Å². The molecule has 1 N–H and O–H groups in total. The summed E-state index contributed by atoms with van der Waals surface area (Å²) in [5, 5.41) is 9.39. The van der Waals surface area contributed by atoms with Gasteiger partial charge in [-0.2, -0.15) is 0 Å². The number of carbonyl (C=O) groups is 5. The molecule has 190 valence electrons. The first-order valence-corrected chi connectivity index (χ1v) is 14.5. The number of hydrogen-bond acceptors (Lipinski definition) is 7. The summed E-state index contributed by atoms with van der Waals surface area (Å²) >= 11 is 0. The van der Waals surface area contributed by atoms with Crippen LogP contribution in [0.1, 0.15) is 60.4 Å². The van der Waals surface area contributed by atoms with E-state index < -0.39 is 61.7 Å². The number of carbonyl (C=O) groups excluding carboxylic acids is 4. The van der Waals surface area contributed by atoms with Gasteiger partial charge in [0, 0.05) is 11.5 Å². The smallest absolute Gasteiger partial charge is 0.395 e. The zero-order valence-corrected chi connectivity index (χ0v) is 22.4. The number of aryl methyl sites for hydroxylation is 1. The Kier molecular flexibility index (Phi) is 7.11. The molecule has 10 heteroatoms. The van der Waals surface area contributed by atoms with Crippen molar-refractivity contribution in [1.29, 1.82) is 0 Å². The number of methoxy groups -OCH3 is 1. The van der Waals surface area contributed by atoms with E-state index in [0.717, 1.165) is 10.5 Å². The SMILES string of the molecule is COC(=O)c1ccc2c(c1)C(=O)[C@@H]([C@@H]1[C@@H]([C@@](C)(O[SiH](C)C)C(C)(C)C)C(=O)N1C(=O)C(=O)O)CC2. The van der Waals surface area contributed by atoms with Gasteiger partial charge in [-0.3, -0.25) is 19.3 Å². The Hall–Kier alpha value is -2.85. The van der Waals surface area contributed by atoms with E-state index >= 15 is 0 Å². The lowest BCUT2D eigenvalue weighted by Crippen LogP contribution is -2.76. The molecule has 1 heterocycles. The summed E-state index contributed by atoms with van der Waals surface area (Å²) in [7, 11) is -0.446. The molecule has 35 heavy (non-hydrogen) atoms. The summed E-state index contributed by atoms with van der Waals surface area (Å²) < 4.78 is 11.2. The zero-order chi connectivity index (χ0) is 26.5. The van der Waals surface area contributed by atoms with Gasteiger partial charge in [0.05, 0.1) is 30.2 Å². The van der Waals surface area contributed by atoms with Crippen LogP contribution >= 0.6 is 0 Å².